The quantitative estimate of drug-likeness (QED) is 0.745. The van der Waals surface area contributed by atoms with Gasteiger partial charge in [0.15, 0.2) is 0 Å². The van der Waals surface area contributed by atoms with E-state index in [2.05, 4.69) is 19.9 Å². The molecule has 1 aliphatic rings. The number of fused-ring (bicyclic) bond motifs is 1. The Kier molecular flexibility index (Phi) is 4.72. The molecular weight excluding hydrogens is 367 g/mol. The highest BCUT2D eigenvalue weighted by Gasteiger charge is 2.33. The highest BCUT2D eigenvalue weighted by atomic mass is 19.4. The summed E-state index contributed by atoms with van der Waals surface area (Å²) in [6, 6.07) is 8.95. The molecule has 28 heavy (non-hydrogen) atoms. The predicted octanol–water partition coefficient (Wildman–Crippen LogP) is 3.70. The third-order valence-electron chi connectivity index (χ3n) is 4.77. The van der Waals surface area contributed by atoms with Crippen LogP contribution in [0.25, 0.3) is 11.3 Å². The fourth-order valence-corrected chi connectivity index (χ4v) is 3.41. The largest absolute Gasteiger partial charge is 0.417 e. The van der Waals surface area contributed by atoms with Gasteiger partial charge in [-0.25, -0.2) is 9.97 Å². The molecule has 144 valence electrons. The maximum atomic E-state index is 13.2. The molecule has 0 spiro atoms. The second-order valence-electron chi connectivity index (χ2n) is 6.76. The highest BCUT2D eigenvalue weighted by Crippen LogP contribution is 2.36. The molecule has 0 unspecified atom stereocenters. The molecular formula is C20H18F3N5. The lowest BCUT2D eigenvalue weighted by Crippen LogP contribution is -2.31. The number of aromatic nitrogens is 3. The summed E-state index contributed by atoms with van der Waals surface area (Å²) >= 11 is 0. The third-order valence-corrected chi connectivity index (χ3v) is 4.77. The van der Waals surface area contributed by atoms with Crippen molar-refractivity contribution in [2.45, 2.75) is 25.7 Å². The molecule has 0 saturated carbocycles. The maximum absolute atomic E-state index is 13.2. The number of hydrogen-bond donors (Lipinski definition) is 1. The van der Waals surface area contributed by atoms with Crippen LogP contribution < -0.4 is 5.73 Å². The van der Waals surface area contributed by atoms with Crippen LogP contribution in [0.15, 0.2) is 48.8 Å². The van der Waals surface area contributed by atoms with Crippen LogP contribution in [-0.4, -0.2) is 26.4 Å². The number of pyridine rings is 1. The van der Waals surface area contributed by atoms with Crippen molar-refractivity contribution in [3.05, 3.63) is 71.2 Å². The zero-order chi connectivity index (χ0) is 19.7. The van der Waals surface area contributed by atoms with Crippen LogP contribution in [0.1, 0.15) is 22.4 Å². The Morgan fingerprint density at radius 1 is 1.04 bits per heavy atom. The number of alkyl halides is 3. The second kappa shape index (κ2) is 7.20. The van der Waals surface area contributed by atoms with Crippen molar-refractivity contribution in [2.24, 2.45) is 0 Å². The van der Waals surface area contributed by atoms with Gasteiger partial charge >= 0.3 is 6.18 Å². The highest BCUT2D eigenvalue weighted by molar-refractivity contribution is 5.64. The summed E-state index contributed by atoms with van der Waals surface area (Å²) < 4.78 is 39.6. The molecule has 0 bridgehead atoms. The molecule has 4 rings (SSSR count). The van der Waals surface area contributed by atoms with Crippen molar-refractivity contribution in [1.29, 1.82) is 0 Å². The van der Waals surface area contributed by atoms with Crippen LogP contribution in [0, 0.1) is 0 Å². The monoisotopic (exact) mass is 385 g/mol. The second-order valence-corrected chi connectivity index (χ2v) is 6.76. The van der Waals surface area contributed by atoms with Gasteiger partial charge < -0.3 is 5.73 Å². The van der Waals surface area contributed by atoms with Gasteiger partial charge in [-0.3, -0.25) is 9.88 Å². The summed E-state index contributed by atoms with van der Waals surface area (Å²) in [5.41, 5.74) is 8.30. The lowest BCUT2D eigenvalue weighted by molar-refractivity contribution is -0.137. The van der Waals surface area contributed by atoms with E-state index in [4.69, 9.17) is 5.73 Å². The zero-order valence-electron chi connectivity index (χ0n) is 14.9. The smallest absolute Gasteiger partial charge is 0.368 e. The van der Waals surface area contributed by atoms with Crippen LogP contribution in [0.2, 0.25) is 0 Å². The molecule has 1 aliphatic heterocycles. The van der Waals surface area contributed by atoms with Gasteiger partial charge in [-0.05, 0) is 17.7 Å². The van der Waals surface area contributed by atoms with Crippen LogP contribution in [-0.2, 0) is 25.7 Å². The fourth-order valence-electron chi connectivity index (χ4n) is 3.41. The van der Waals surface area contributed by atoms with Gasteiger partial charge in [-0.15, -0.1) is 0 Å². The first-order valence-corrected chi connectivity index (χ1v) is 8.84. The topological polar surface area (TPSA) is 67.9 Å². The number of nitrogens with two attached hydrogens (primary N) is 1. The van der Waals surface area contributed by atoms with Gasteiger partial charge in [0.25, 0.3) is 0 Å². The SMILES string of the molecule is Nc1ncc2c(n1)CCN(Cc1ccc(-c3ccccc3C(F)(F)F)nc1)C2. The van der Waals surface area contributed by atoms with Crippen LogP contribution in [0.4, 0.5) is 19.1 Å². The van der Waals surface area contributed by atoms with E-state index in [0.29, 0.717) is 18.8 Å². The molecule has 5 nitrogen and oxygen atoms in total. The number of benzene rings is 1. The van der Waals surface area contributed by atoms with E-state index in [1.807, 2.05) is 6.07 Å². The minimum atomic E-state index is -4.41. The van der Waals surface area contributed by atoms with E-state index in [1.54, 1.807) is 24.5 Å². The van der Waals surface area contributed by atoms with E-state index < -0.39 is 11.7 Å². The Balaban J connectivity index is 1.50. The van der Waals surface area contributed by atoms with Crippen molar-refractivity contribution in [3.63, 3.8) is 0 Å². The van der Waals surface area contributed by atoms with Crippen molar-refractivity contribution in [1.82, 2.24) is 19.9 Å². The van der Waals surface area contributed by atoms with Crippen LogP contribution >= 0.6 is 0 Å². The van der Waals surface area contributed by atoms with Gasteiger partial charge in [0.1, 0.15) is 0 Å². The summed E-state index contributed by atoms with van der Waals surface area (Å²) in [7, 11) is 0. The summed E-state index contributed by atoms with van der Waals surface area (Å²) in [6.45, 7) is 2.17. The zero-order valence-corrected chi connectivity index (χ0v) is 14.9. The van der Waals surface area contributed by atoms with Gasteiger partial charge in [0, 0.05) is 49.6 Å². The average molecular weight is 385 g/mol. The van der Waals surface area contributed by atoms with E-state index in [-0.39, 0.29) is 11.5 Å². The molecule has 0 saturated heterocycles. The summed E-state index contributed by atoms with van der Waals surface area (Å²) in [5.74, 6) is 0.283. The van der Waals surface area contributed by atoms with Crippen molar-refractivity contribution in [2.75, 3.05) is 12.3 Å². The Hall–Kier alpha value is -3.00. The van der Waals surface area contributed by atoms with E-state index in [1.165, 1.54) is 12.1 Å². The molecule has 0 radical (unpaired) electrons. The van der Waals surface area contributed by atoms with E-state index >= 15 is 0 Å². The molecule has 8 heteroatoms. The Bertz CT molecular complexity index is 986. The molecule has 3 aromatic rings. The van der Waals surface area contributed by atoms with Gasteiger partial charge in [-0.2, -0.15) is 13.2 Å². The number of nitrogen functional groups attached to an aromatic ring is 1. The Morgan fingerprint density at radius 2 is 1.86 bits per heavy atom. The number of rotatable bonds is 3. The van der Waals surface area contributed by atoms with Crippen LogP contribution in [0.5, 0.6) is 0 Å². The van der Waals surface area contributed by atoms with Crippen molar-refractivity contribution >= 4 is 5.95 Å². The number of hydrogen-bond acceptors (Lipinski definition) is 5. The van der Waals surface area contributed by atoms with Gasteiger partial charge in [-0.1, -0.05) is 24.3 Å². The minimum Gasteiger partial charge on any atom is -0.368 e. The first kappa shape index (κ1) is 18.4. The molecule has 2 aromatic heterocycles. The Labute approximate surface area is 160 Å². The number of nitrogens with zero attached hydrogens (tertiary/aromatic N) is 4. The number of anilines is 1. The number of halogens is 3. The molecule has 3 heterocycles. The summed E-state index contributed by atoms with van der Waals surface area (Å²) in [6.07, 6.45) is -0.243. The maximum Gasteiger partial charge on any atom is 0.417 e. The van der Waals surface area contributed by atoms with Gasteiger partial charge in [0.05, 0.1) is 17.0 Å². The van der Waals surface area contributed by atoms with E-state index in [0.717, 1.165) is 35.9 Å². The van der Waals surface area contributed by atoms with Crippen molar-refractivity contribution in [3.8, 4) is 11.3 Å². The summed E-state index contributed by atoms with van der Waals surface area (Å²) in [5, 5.41) is 0. The van der Waals surface area contributed by atoms with Crippen molar-refractivity contribution < 1.29 is 13.2 Å². The van der Waals surface area contributed by atoms with Gasteiger partial charge in [0.2, 0.25) is 5.95 Å². The molecule has 2 N–H and O–H groups in total. The standard InChI is InChI=1S/C20H18F3N5/c21-20(22,23)16-4-2-1-3-15(16)18-6-5-13(9-25-18)11-28-8-7-17-14(12-28)10-26-19(24)27-17/h1-6,9-10H,7-8,11-12H2,(H2,24,26,27). The summed E-state index contributed by atoms with van der Waals surface area (Å²) in [4.78, 5) is 14.8. The molecule has 1 aromatic carbocycles. The normalized spacial score (nSPS) is 14.7. The Morgan fingerprint density at radius 3 is 2.61 bits per heavy atom. The third kappa shape index (κ3) is 3.82. The first-order chi connectivity index (χ1) is 13.4. The fraction of sp³-hybridized carbons (Fsp3) is 0.250. The average Bonchev–Trinajstić information content (AvgIpc) is 2.68. The lowest BCUT2D eigenvalue weighted by Gasteiger charge is -2.27. The van der Waals surface area contributed by atoms with E-state index in [9.17, 15) is 13.2 Å². The lowest BCUT2D eigenvalue weighted by atomic mass is 10.0. The minimum absolute atomic E-state index is 0.0863. The molecule has 0 amide bonds. The first-order valence-electron chi connectivity index (χ1n) is 8.84. The molecule has 0 fully saturated rings. The van der Waals surface area contributed by atoms with Crippen LogP contribution in [0.3, 0.4) is 0 Å². The predicted molar refractivity (Wildman–Crippen MR) is 98.9 cm³/mol. The molecule has 0 aliphatic carbocycles. The molecule has 0 atom stereocenters.